The van der Waals surface area contributed by atoms with Gasteiger partial charge in [-0.1, -0.05) is 19.9 Å². The van der Waals surface area contributed by atoms with Crippen molar-refractivity contribution in [3.8, 4) is 5.75 Å². The van der Waals surface area contributed by atoms with Crippen molar-refractivity contribution in [2.24, 2.45) is 0 Å². The van der Waals surface area contributed by atoms with Crippen LogP contribution in [-0.2, 0) is 16.0 Å². The first kappa shape index (κ1) is 20.0. The summed E-state index contributed by atoms with van der Waals surface area (Å²) in [5.74, 6) is 0.364. The van der Waals surface area contributed by atoms with E-state index in [4.69, 9.17) is 4.74 Å². The van der Waals surface area contributed by atoms with Gasteiger partial charge in [0.15, 0.2) is 6.61 Å². The highest BCUT2D eigenvalue weighted by atomic mass is 79.9. The van der Waals surface area contributed by atoms with Gasteiger partial charge in [0.2, 0.25) is 5.91 Å². The largest absolute Gasteiger partial charge is 0.483 e. The molecule has 138 valence electrons. The van der Waals surface area contributed by atoms with Crippen LogP contribution >= 0.6 is 15.9 Å². The van der Waals surface area contributed by atoms with Gasteiger partial charge in [0, 0.05) is 17.8 Å². The Morgan fingerprint density at radius 1 is 0.962 bits per heavy atom. The van der Waals surface area contributed by atoms with Gasteiger partial charge in [0.25, 0.3) is 5.91 Å². The summed E-state index contributed by atoms with van der Waals surface area (Å²) in [5, 5.41) is 5.57. The Morgan fingerprint density at radius 3 is 2.12 bits per heavy atom. The zero-order valence-corrected chi connectivity index (χ0v) is 16.6. The van der Waals surface area contributed by atoms with Gasteiger partial charge in [-0.2, -0.15) is 0 Å². The lowest BCUT2D eigenvalue weighted by molar-refractivity contribution is -0.118. The molecule has 0 aliphatic rings. The summed E-state index contributed by atoms with van der Waals surface area (Å²) in [6.07, 6.45) is 2.23. The van der Waals surface area contributed by atoms with E-state index in [0.717, 1.165) is 17.3 Å². The molecule has 0 radical (unpaired) electrons. The molecule has 0 saturated carbocycles. The first-order valence-corrected chi connectivity index (χ1v) is 9.42. The van der Waals surface area contributed by atoms with Crippen molar-refractivity contribution in [3.63, 3.8) is 0 Å². The third kappa shape index (κ3) is 6.19. The minimum Gasteiger partial charge on any atom is -0.483 e. The second-order valence-electron chi connectivity index (χ2n) is 5.83. The van der Waals surface area contributed by atoms with E-state index in [1.165, 1.54) is 5.56 Å². The zero-order chi connectivity index (χ0) is 18.9. The van der Waals surface area contributed by atoms with Crippen LogP contribution in [0.2, 0.25) is 0 Å². The predicted molar refractivity (Wildman–Crippen MR) is 108 cm³/mol. The standard InChI is InChI=1S/C20H23BrN2O3/c1-3-5-19(24)22-15-7-9-16(10-8-15)23-20(25)13-26-18-11-6-14(4-2)12-17(18)21/h6-12H,3-5,13H2,1-2H3,(H,22,24)(H,23,25). The van der Waals surface area contributed by atoms with Gasteiger partial charge in [-0.25, -0.2) is 0 Å². The SMILES string of the molecule is CCCC(=O)Nc1ccc(NC(=O)COc2ccc(CC)cc2Br)cc1. The van der Waals surface area contributed by atoms with Crippen molar-refractivity contribution in [2.45, 2.75) is 33.1 Å². The van der Waals surface area contributed by atoms with Crippen LogP contribution in [0.5, 0.6) is 5.75 Å². The normalized spacial score (nSPS) is 10.3. The van der Waals surface area contributed by atoms with E-state index in [1.54, 1.807) is 24.3 Å². The Labute approximate surface area is 162 Å². The molecule has 2 N–H and O–H groups in total. The maximum absolute atomic E-state index is 12.0. The number of carbonyl (C=O) groups is 2. The third-order valence-electron chi connectivity index (χ3n) is 3.69. The van der Waals surface area contributed by atoms with E-state index in [1.807, 2.05) is 25.1 Å². The lowest BCUT2D eigenvalue weighted by Gasteiger charge is -2.10. The van der Waals surface area contributed by atoms with E-state index in [-0.39, 0.29) is 18.4 Å². The highest BCUT2D eigenvalue weighted by molar-refractivity contribution is 9.10. The topological polar surface area (TPSA) is 67.4 Å². The van der Waals surface area contributed by atoms with Crippen molar-refractivity contribution >= 4 is 39.1 Å². The van der Waals surface area contributed by atoms with Gasteiger partial charge in [0.1, 0.15) is 5.75 Å². The van der Waals surface area contributed by atoms with Gasteiger partial charge in [0.05, 0.1) is 4.47 Å². The Hall–Kier alpha value is -2.34. The van der Waals surface area contributed by atoms with E-state index in [9.17, 15) is 9.59 Å². The summed E-state index contributed by atoms with van der Waals surface area (Å²) in [6, 6.07) is 12.8. The summed E-state index contributed by atoms with van der Waals surface area (Å²) in [7, 11) is 0. The van der Waals surface area contributed by atoms with Crippen molar-refractivity contribution in [1.29, 1.82) is 0 Å². The second-order valence-corrected chi connectivity index (χ2v) is 6.69. The molecule has 0 fully saturated rings. The summed E-state index contributed by atoms with van der Waals surface area (Å²) in [6.45, 7) is 3.95. The summed E-state index contributed by atoms with van der Waals surface area (Å²) in [4.78, 5) is 23.6. The maximum atomic E-state index is 12.0. The molecule has 6 heteroatoms. The van der Waals surface area contributed by atoms with Crippen molar-refractivity contribution in [2.75, 3.05) is 17.2 Å². The molecule has 2 aromatic carbocycles. The van der Waals surface area contributed by atoms with Gasteiger partial charge >= 0.3 is 0 Å². The highest BCUT2D eigenvalue weighted by Gasteiger charge is 2.07. The molecule has 5 nitrogen and oxygen atoms in total. The van der Waals surface area contributed by atoms with Crippen LogP contribution in [0.4, 0.5) is 11.4 Å². The molecule has 0 atom stereocenters. The highest BCUT2D eigenvalue weighted by Crippen LogP contribution is 2.26. The first-order chi connectivity index (χ1) is 12.5. The number of halogens is 1. The fourth-order valence-electron chi connectivity index (χ4n) is 2.31. The smallest absolute Gasteiger partial charge is 0.262 e. The van der Waals surface area contributed by atoms with Crippen molar-refractivity contribution in [1.82, 2.24) is 0 Å². The van der Waals surface area contributed by atoms with Crippen molar-refractivity contribution in [3.05, 3.63) is 52.5 Å². The number of anilines is 2. The number of hydrogen-bond donors (Lipinski definition) is 2. The van der Waals surface area contributed by atoms with Crippen LogP contribution in [0.1, 0.15) is 32.3 Å². The maximum Gasteiger partial charge on any atom is 0.262 e. The van der Waals surface area contributed by atoms with Gasteiger partial charge in [-0.05, 0) is 70.7 Å². The molecule has 0 bridgehead atoms. The van der Waals surface area contributed by atoms with E-state index in [2.05, 4.69) is 33.5 Å². The number of ether oxygens (including phenoxy) is 1. The lowest BCUT2D eigenvalue weighted by atomic mass is 10.2. The molecular weight excluding hydrogens is 396 g/mol. The van der Waals surface area contributed by atoms with Crippen LogP contribution in [0.25, 0.3) is 0 Å². The summed E-state index contributed by atoms with van der Waals surface area (Å²) >= 11 is 3.45. The van der Waals surface area contributed by atoms with Crippen LogP contribution in [0, 0.1) is 0 Å². The molecular formula is C20H23BrN2O3. The number of aryl methyl sites for hydroxylation is 1. The molecule has 0 unspecified atom stereocenters. The molecule has 26 heavy (non-hydrogen) atoms. The Balaban J connectivity index is 1.85. The van der Waals surface area contributed by atoms with Crippen LogP contribution in [0.15, 0.2) is 46.9 Å². The number of hydrogen-bond acceptors (Lipinski definition) is 3. The summed E-state index contributed by atoms with van der Waals surface area (Å²) < 4.78 is 6.39. The molecule has 0 aliphatic carbocycles. The fraction of sp³-hybridized carbons (Fsp3) is 0.300. The fourth-order valence-corrected chi connectivity index (χ4v) is 2.85. The third-order valence-corrected chi connectivity index (χ3v) is 4.31. The molecule has 0 saturated heterocycles. The van der Waals surface area contributed by atoms with Gasteiger partial charge in [-0.15, -0.1) is 0 Å². The number of rotatable bonds is 8. The van der Waals surface area contributed by atoms with E-state index in [0.29, 0.717) is 23.5 Å². The average molecular weight is 419 g/mol. The Kier molecular flexibility index (Phi) is 7.66. The Bertz CT molecular complexity index is 760. The van der Waals surface area contributed by atoms with E-state index >= 15 is 0 Å². The van der Waals surface area contributed by atoms with Crippen LogP contribution < -0.4 is 15.4 Å². The second kappa shape index (κ2) is 9.97. The molecule has 2 rings (SSSR count). The number of carbonyl (C=O) groups excluding carboxylic acids is 2. The van der Waals surface area contributed by atoms with E-state index < -0.39 is 0 Å². The molecule has 0 heterocycles. The minimum atomic E-state index is -0.251. The Morgan fingerprint density at radius 2 is 1.58 bits per heavy atom. The molecule has 0 aliphatic heterocycles. The predicted octanol–water partition coefficient (Wildman–Crippen LogP) is 4.77. The zero-order valence-electron chi connectivity index (χ0n) is 15.0. The number of nitrogens with one attached hydrogen (secondary N) is 2. The minimum absolute atomic E-state index is 0.0163. The molecule has 0 spiro atoms. The molecule has 0 aromatic heterocycles. The number of benzene rings is 2. The molecule has 2 amide bonds. The first-order valence-electron chi connectivity index (χ1n) is 8.62. The van der Waals surface area contributed by atoms with Crippen LogP contribution in [-0.4, -0.2) is 18.4 Å². The average Bonchev–Trinajstić information content (AvgIpc) is 2.62. The van der Waals surface area contributed by atoms with Gasteiger partial charge < -0.3 is 15.4 Å². The van der Waals surface area contributed by atoms with Crippen LogP contribution in [0.3, 0.4) is 0 Å². The number of amides is 2. The van der Waals surface area contributed by atoms with Gasteiger partial charge in [-0.3, -0.25) is 9.59 Å². The quantitative estimate of drug-likeness (QED) is 0.648. The lowest BCUT2D eigenvalue weighted by Crippen LogP contribution is -2.20. The summed E-state index contributed by atoms with van der Waals surface area (Å²) in [5.41, 5.74) is 2.55. The monoisotopic (exact) mass is 418 g/mol. The van der Waals surface area contributed by atoms with Crippen molar-refractivity contribution < 1.29 is 14.3 Å². The molecule has 2 aromatic rings.